The number of nitrogens with zero attached hydrogens (tertiary/aromatic N) is 3. The van der Waals surface area contributed by atoms with Gasteiger partial charge in [0, 0.05) is 50.3 Å². The van der Waals surface area contributed by atoms with Crippen molar-refractivity contribution in [2.75, 3.05) is 52.4 Å². The van der Waals surface area contributed by atoms with E-state index < -0.39 is 0 Å². The quantitative estimate of drug-likeness (QED) is 0.738. The van der Waals surface area contributed by atoms with Gasteiger partial charge < -0.3 is 14.8 Å². The summed E-state index contributed by atoms with van der Waals surface area (Å²) in [5, 5.41) is 3.48. The highest BCUT2D eigenvalue weighted by Gasteiger charge is 2.16. The van der Waals surface area contributed by atoms with E-state index in [1.54, 1.807) is 14.2 Å². The second-order valence-corrected chi connectivity index (χ2v) is 6.56. The Morgan fingerprint density at radius 1 is 1.07 bits per heavy atom. The Labute approximate surface area is 161 Å². The van der Waals surface area contributed by atoms with Crippen LogP contribution in [0, 0.1) is 13.5 Å². The molecule has 1 aliphatic heterocycles. The van der Waals surface area contributed by atoms with Crippen LogP contribution < -0.4 is 5.32 Å². The first kappa shape index (κ1) is 19.5. The highest BCUT2D eigenvalue weighted by atomic mass is 16.5. The molecule has 1 aromatic carbocycles. The number of ether oxygens (including phenoxy) is 2. The minimum atomic E-state index is 0.681. The lowest BCUT2D eigenvalue weighted by Gasteiger charge is -2.25. The summed E-state index contributed by atoms with van der Waals surface area (Å²) in [7, 11) is 3.44. The molecule has 2 aromatic rings. The Bertz CT molecular complexity index is 784. The molecule has 1 N–H and O–H groups in total. The molecule has 0 unspecified atom stereocenters. The predicted molar refractivity (Wildman–Crippen MR) is 109 cm³/mol. The SMILES string of the molecule is COCCN(CCOC)CC1=N[CH]c2ccc(-c3ncccc3C)cc2N1. The van der Waals surface area contributed by atoms with Gasteiger partial charge in [0.2, 0.25) is 0 Å². The summed E-state index contributed by atoms with van der Waals surface area (Å²) in [6.07, 6.45) is 1.83. The summed E-state index contributed by atoms with van der Waals surface area (Å²) < 4.78 is 10.4. The summed E-state index contributed by atoms with van der Waals surface area (Å²) >= 11 is 0. The highest BCUT2D eigenvalue weighted by molar-refractivity contribution is 6.00. The molecular formula is C21H27N4O2. The molecule has 0 saturated carbocycles. The minimum Gasteiger partial charge on any atom is -0.383 e. The Morgan fingerprint density at radius 3 is 2.56 bits per heavy atom. The van der Waals surface area contributed by atoms with Gasteiger partial charge in [-0.3, -0.25) is 14.9 Å². The molecule has 0 saturated heterocycles. The first-order valence-electron chi connectivity index (χ1n) is 9.14. The largest absolute Gasteiger partial charge is 0.383 e. The summed E-state index contributed by atoms with van der Waals surface area (Å²) in [6, 6.07) is 10.4. The van der Waals surface area contributed by atoms with Gasteiger partial charge in [-0.1, -0.05) is 18.2 Å². The zero-order valence-corrected chi connectivity index (χ0v) is 16.2. The monoisotopic (exact) mass is 367 g/mol. The van der Waals surface area contributed by atoms with Crippen LogP contribution in [0.15, 0.2) is 41.5 Å². The van der Waals surface area contributed by atoms with Gasteiger partial charge in [-0.15, -0.1) is 0 Å². The first-order valence-corrected chi connectivity index (χ1v) is 9.14. The molecule has 1 aliphatic rings. The van der Waals surface area contributed by atoms with E-state index in [0.717, 1.165) is 53.5 Å². The van der Waals surface area contributed by atoms with Crippen molar-refractivity contribution < 1.29 is 9.47 Å². The molecule has 0 bridgehead atoms. The van der Waals surface area contributed by atoms with Crippen molar-refractivity contribution in [3.63, 3.8) is 0 Å². The van der Waals surface area contributed by atoms with Crippen molar-refractivity contribution >= 4 is 11.5 Å². The molecule has 0 atom stereocenters. The number of rotatable bonds is 9. The van der Waals surface area contributed by atoms with E-state index in [1.165, 1.54) is 0 Å². The maximum absolute atomic E-state index is 5.22. The third-order valence-electron chi connectivity index (χ3n) is 4.57. The smallest absolute Gasteiger partial charge is 0.116 e. The normalized spacial score (nSPS) is 13.3. The lowest BCUT2D eigenvalue weighted by Crippen LogP contribution is -2.38. The highest BCUT2D eigenvalue weighted by Crippen LogP contribution is 2.29. The third-order valence-corrected chi connectivity index (χ3v) is 4.57. The van der Waals surface area contributed by atoms with Crippen LogP contribution in [-0.2, 0) is 9.47 Å². The zero-order valence-electron chi connectivity index (χ0n) is 16.2. The number of aromatic nitrogens is 1. The van der Waals surface area contributed by atoms with Gasteiger partial charge in [-0.2, -0.15) is 0 Å². The van der Waals surface area contributed by atoms with E-state index in [-0.39, 0.29) is 0 Å². The van der Waals surface area contributed by atoms with Crippen molar-refractivity contribution in [2.24, 2.45) is 4.99 Å². The number of pyridine rings is 1. The number of amidine groups is 1. The van der Waals surface area contributed by atoms with Gasteiger partial charge in [0.1, 0.15) is 12.4 Å². The summed E-state index contributed by atoms with van der Waals surface area (Å²) in [5.41, 5.74) is 5.41. The molecule has 2 heterocycles. The van der Waals surface area contributed by atoms with Crippen LogP contribution in [0.3, 0.4) is 0 Å². The predicted octanol–water partition coefficient (Wildman–Crippen LogP) is 2.99. The van der Waals surface area contributed by atoms with Crippen LogP contribution in [-0.4, -0.2) is 62.8 Å². The van der Waals surface area contributed by atoms with E-state index in [0.29, 0.717) is 13.2 Å². The molecular weight excluding hydrogens is 340 g/mol. The van der Waals surface area contributed by atoms with Crippen molar-refractivity contribution in [1.29, 1.82) is 0 Å². The number of nitrogens with one attached hydrogen (secondary N) is 1. The summed E-state index contributed by atoms with van der Waals surface area (Å²) in [5.74, 6) is 0.921. The Kier molecular flexibility index (Phi) is 6.92. The third kappa shape index (κ3) is 5.13. The molecule has 6 heteroatoms. The van der Waals surface area contributed by atoms with Crippen molar-refractivity contribution in [2.45, 2.75) is 6.92 Å². The topological polar surface area (TPSA) is 59.0 Å². The average molecular weight is 367 g/mol. The summed E-state index contributed by atoms with van der Waals surface area (Å²) in [4.78, 5) is 11.4. The van der Waals surface area contributed by atoms with Crippen LogP contribution in [0.2, 0.25) is 0 Å². The molecule has 0 spiro atoms. The lowest BCUT2D eigenvalue weighted by atomic mass is 10.0. The molecule has 0 fully saturated rings. The van der Waals surface area contributed by atoms with Gasteiger partial charge in [-0.25, -0.2) is 0 Å². The van der Waals surface area contributed by atoms with Gasteiger partial charge in [0.05, 0.1) is 25.5 Å². The number of hydrogen-bond acceptors (Lipinski definition) is 6. The fourth-order valence-corrected chi connectivity index (χ4v) is 3.05. The van der Waals surface area contributed by atoms with Crippen molar-refractivity contribution in [1.82, 2.24) is 9.88 Å². The maximum atomic E-state index is 5.22. The molecule has 6 nitrogen and oxygen atoms in total. The number of aryl methyl sites for hydroxylation is 1. The number of aliphatic imine (C=N–C) groups is 1. The van der Waals surface area contributed by atoms with Gasteiger partial charge in [-0.05, 0) is 24.6 Å². The van der Waals surface area contributed by atoms with E-state index in [9.17, 15) is 0 Å². The van der Waals surface area contributed by atoms with E-state index >= 15 is 0 Å². The average Bonchev–Trinajstić information content (AvgIpc) is 2.70. The number of methoxy groups -OCH3 is 2. The molecule has 0 amide bonds. The van der Waals surface area contributed by atoms with Gasteiger partial charge in [0.25, 0.3) is 0 Å². The van der Waals surface area contributed by atoms with Crippen LogP contribution in [0.1, 0.15) is 11.1 Å². The standard InChI is InChI=1S/C21H27N4O2/c1-16-5-4-8-22-21(16)17-6-7-18-14-23-20(24-19(18)13-17)15-25(9-11-26-2)10-12-27-3/h4-8,13-14H,9-12,15H2,1-3H3,(H,23,24). The Hall–Kier alpha value is -2.28. The number of anilines is 1. The van der Waals surface area contributed by atoms with Crippen LogP contribution >= 0.6 is 0 Å². The molecule has 1 aromatic heterocycles. The second kappa shape index (κ2) is 9.60. The van der Waals surface area contributed by atoms with E-state index in [4.69, 9.17) is 9.47 Å². The van der Waals surface area contributed by atoms with Crippen molar-refractivity contribution in [3.8, 4) is 11.3 Å². The number of fused-ring (bicyclic) bond motifs is 1. The molecule has 1 radical (unpaired) electrons. The lowest BCUT2D eigenvalue weighted by molar-refractivity contribution is 0.123. The zero-order chi connectivity index (χ0) is 19.1. The maximum Gasteiger partial charge on any atom is 0.116 e. The first-order chi connectivity index (χ1) is 13.2. The number of benzene rings is 1. The minimum absolute atomic E-state index is 0.681. The number of hydrogen-bond donors (Lipinski definition) is 1. The second-order valence-electron chi connectivity index (χ2n) is 6.56. The van der Waals surface area contributed by atoms with Gasteiger partial charge >= 0.3 is 0 Å². The van der Waals surface area contributed by atoms with Crippen molar-refractivity contribution in [3.05, 3.63) is 54.2 Å². The van der Waals surface area contributed by atoms with Crippen LogP contribution in [0.4, 0.5) is 5.69 Å². The molecule has 0 aliphatic carbocycles. The van der Waals surface area contributed by atoms with E-state index in [1.807, 2.05) is 18.8 Å². The van der Waals surface area contributed by atoms with Crippen LogP contribution in [0.25, 0.3) is 11.3 Å². The molecule has 27 heavy (non-hydrogen) atoms. The summed E-state index contributed by atoms with van der Waals surface area (Å²) in [6.45, 7) is 7.75. The van der Waals surface area contributed by atoms with E-state index in [2.05, 4.69) is 51.4 Å². The molecule has 143 valence electrons. The fraction of sp³-hybridized carbons (Fsp3) is 0.381. The van der Waals surface area contributed by atoms with Crippen LogP contribution in [0.5, 0.6) is 0 Å². The Morgan fingerprint density at radius 2 is 1.85 bits per heavy atom. The fourth-order valence-electron chi connectivity index (χ4n) is 3.05. The Balaban J connectivity index is 1.72. The molecule has 3 rings (SSSR count). The van der Waals surface area contributed by atoms with Gasteiger partial charge in [0.15, 0.2) is 0 Å².